The van der Waals surface area contributed by atoms with Gasteiger partial charge in [0.15, 0.2) is 0 Å². The number of nitrogens with zero attached hydrogens (tertiary/aromatic N) is 2. The molecule has 0 amide bonds. The molecule has 3 nitrogen and oxygen atoms in total. The lowest BCUT2D eigenvalue weighted by Crippen LogP contribution is -2.13. The maximum atomic E-state index is 12.9. The summed E-state index contributed by atoms with van der Waals surface area (Å²) >= 11 is 0. The number of aryl methyl sites for hydroxylation is 1. The zero-order chi connectivity index (χ0) is 12.3. The Kier molecular flexibility index (Phi) is 3.54. The third-order valence-electron chi connectivity index (χ3n) is 2.87. The van der Waals surface area contributed by atoms with Crippen molar-refractivity contribution in [3.05, 3.63) is 53.1 Å². The topological polar surface area (TPSA) is 29.9 Å². The molecule has 4 heteroatoms. The van der Waals surface area contributed by atoms with Crippen molar-refractivity contribution in [3.63, 3.8) is 0 Å². The van der Waals surface area contributed by atoms with Crippen molar-refractivity contribution in [1.29, 1.82) is 0 Å². The van der Waals surface area contributed by atoms with E-state index in [9.17, 15) is 4.39 Å². The van der Waals surface area contributed by atoms with Gasteiger partial charge in [-0.05, 0) is 24.6 Å². The fourth-order valence-electron chi connectivity index (χ4n) is 1.71. The smallest absolute Gasteiger partial charge is 0.123 e. The number of hydrogen-bond donors (Lipinski definition) is 1. The monoisotopic (exact) mass is 233 g/mol. The molecule has 1 aromatic carbocycles. The molecule has 2 aromatic rings. The van der Waals surface area contributed by atoms with E-state index in [-0.39, 0.29) is 5.82 Å². The summed E-state index contributed by atoms with van der Waals surface area (Å²) in [5.41, 5.74) is 3.27. The maximum absolute atomic E-state index is 12.9. The number of aromatic nitrogens is 2. The third-order valence-corrected chi connectivity index (χ3v) is 2.87. The molecule has 0 radical (unpaired) electrons. The van der Waals surface area contributed by atoms with Crippen LogP contribution in [0.25, 0.3) is 0 Å². The van der Waals surface area contributed by atoms with Crippen LogP contribution in [0.4, 0.5) is 4.39 Å². The summed E-state index contributed by atoms with van der Waals surface area (Å²) in [6.07, 6.45) is 1.86. The van der Waals surface area contributed by atoms with Crippen LogP contribution in [-0.2, 0) is 20.1 Å². The van der Waals surface area contributed by atoms with Crippen LogP contribution in [0.3, 0.4) is 0 Å². The van der Waals surface area contributed by atoms with Crippen molar-refractivity contribution in [3.8, 4) is 0 Å². The van der Waals surface area contributed by atoms with Gasteiger partial charge >= 0.3 is 0 Å². The Balaban J connectivity index is 1.90. The van der Waals surface area contributed by atoms with Crippen molar-refractivity contribution in [2.45, 2.75) is 20.0 Å². The van der Waals surface area contributed by atoms with Crippen LogP contribution in [-0.4, -0.2) is 9.78 Å². The molecule has 0 fully saturated rings. The van der Waals surface area contributed by atoms with E-state index >= 15 is 0 Å². The molecule has 2 rings (SSSR count). The quantitative estimate of drug-likeness (QED) is 0.877. The van der Waals surface area contributed by atoms with E-state index in [4.69, 9.17) is 0 Å². The normalized spacial score (nSPS) is 10.8. The molecule has 0 spiro atoms. The van der Waals surface area contributed by atoms with Gasteiger partial charge in [-0.3, -0.25) is 4.68 Å². The second-order valence-electron chi connectivity index (χ2n) is 4.11. The van der Waals surface area contributed by atoms with E-state index in [2.05, 4.69) is 10.4 Å². The first-order valence-electron chi connectivity index (χ1n) is 5.59. The van der Waals surface area contributed by atoms with E-state index in [0.29, 0.717) is 6.54 Å². The SMILES string of the molecule is Cc1c(CNCc2cccc(F)c2)cnn1C. The van der Waals surface area contributed by atoms with Gasteiger partial charge in [-0.15, -0.1) is 0 Å². The first-order chi connectivity index (χ1) is 8.16. The van der Waals surface area contributed by atoms with E-state index < -0.39 is 0 Å². The van der Waals surface area contributed by atoms with Crippen LogP contribution >= 0.6 is 0 Å². The number of halogens is 1. The van der Waals surface area contributed by atoms with Crippen molar-refractivity contribution >= 4 is 0 Å². The molecular formula is C13H16FN3. The minimum absolute atomic E-state index is 0.193. The second kappa shape index (κ2) is 5.10. The Morgan fingerprint density at radius 3 is 2.82 bits per heavy atom. The Hall–Kier alpha value is -1.68. The Morgan fingerprint density at radius 2 is 2.18 bits per heavy atom. The fraction of sp³-hybridized carbons (Fsp3) is 0.308. The van der Waals surface area contributed by atoms with Crippen LogP contribution in [0.2, 0.25) is 0 Å². The highest BCUT2D eigenvalue weighted by Crippen LogP contribution is 2.06. The number of rotatable bonds is 4. The van der Waals surface area contributed by atoms with E-state index in [1.807, 2.05) is 30.9 Å². The molecule has 1 aromatic heterocycles. The molecule has 0 unspecified atom stereocenters. The number of benzene rings is 1. The third kappa shape index (κ3) is 2.91. The summed E-state index contributed by atoms with van der Waals surface area (Å²) in [5.74, 6) is -0.193. The highest BCUT2D eigenvalue weighted by atomic mass is 19.1. The zero-order valence-corrected chi connectivity index (χ0v) is 10.1. The summed E-state index contributed by atoms with van der Waals surface area (Å²) < 4.78 is 14.8. The van der Waals surface area contributed by atoms with E-state index in [0.717, 1.165) is 17.8 Å². The Morgan fingerprint density at radius 1 is 1.35 bits per heavy atom. The Bertz CT molecular complexity index is 505. The van der Waals surface area contributed by atoms with Gasteiger partial charge in [0.25, 0.3) is 0 Å². The molecule has 0 aliphatic rings. The van der Waals surface area contributed by atoms with Crippen LogP contribution in [0.15, 0.2) is 30.5 Å². The molecule has 90 valence electrons. The van der Waals surface area contributed by atoms with Gasteiger partial charge in [-0.1, -0.05) is 12.1 Å². The Labute approximate surface area is 100 Å². The highest BCUT2D eigenvalue weighted by molar-refractivity contribution is 5.18. The minimum atomic E-state index is -0.193. The highest BCUT2D eigenvalue weighted by Gasteiger charge is 2.02. The number of hydrogen-bond acceptors (Lipinski definition) is 2. The summed E-state index contributed by atoms with van der Waals surface area (Å²) in [7, 11) is 1.92. The van der Waals surface area contributed by atoms with Crippen LogP contribution in [0.5, 0.6) is 0 Å². The van der Waals surface area contributed by atoms with Gasteiger partial charge in [-0.25, -0.2) is 4.39 Å². The molecule has 1 N–H and O–H groups in total. The molecule has 1 heterocycles. The zero-order valence-electron chi connectivity index (χ0n) is 10.1. The summed E-state index contributed by atoms with van der Waals surface area (Å²) in [4.78, 5) is 0. The lowest BCUT2D eigenvalue weighted by Gasteiger charge is -2.04. The predicted molar refractivity (Wildman–Crippen MR) is 64.9 cm³/mol. The van der Waals surface area contributed by atoms with Crippen molar-refractivity contribution in [2.24, 2.45) is 7.05 Å². The number of nitrogens with one attached hydrogen (secondary N) is 1. The van der Waals surface area contributed by atoms with Gasteiger partial charge < -0.3 is 5.32 Å². The van der Waals surface area contributed by atoms with Gasteiger partial charge in [0.2, 0.25) is 0 Å². The largest absolute Gasteiger partial charge is 0.308 e. The van der Waals surface area contributed by atoms with E-state index in [1.54, 1.807) is 12.1 Å². The summed E-state index contributed by atoms with van der Waals surface area (Å²) in [5, 5.41) is 7.45. The van der Waals surface area contributed by atoms with Gasteiger partial charge in [0.1, 0.15) is 5.82 Å². The van der Waals surface area contributed by atoms with Crippen LogP contribution in [0.1, 0.15) is 16.8 Å². The summed E-state index contributed by atoms with van der Waals surface area (Å²) in [6.45, 7) is 3.44. The molecule has 0 aliphatic heterocycles. The van der Waals surface area contributed by atoms with Crippen LogP contribution in [0, 0.1) is 12.7 Å². The van der Waals surface area contributed by atoms with Gasteiger partial charge in [0.05, 0.1) is 6.20 Å². The second-order valence-corrected chi connectivity index (χ2v) is 4.11. The van der Waals surface area contributed by atoms with Crippen LogP contribution < -0.4 is 5.32 Å². The van der Waals surface area contributed by atoms with Crippen molar-refractivity contribution in [1.82, 2.24) is 15.1 Å². The molecule has 0 bridgehead atoms. The lowest BCUT2D eigenvalue weighted by atomic mass is 10.2. The molecule has 0 aliphatic carbocycles. The standard InChI is InChI=1S/C13H16FN3/c1-10-12(9-16-17(10)2)8-15-7-11-4-3-5-13(14)6-11/h3-6,9,15H,7-8H2,1-2H3. The minimum Gasteiger partial charge on any atom is -0.308 e. The fourth-order valence-corrected chi connectivity index (χ4v) is 1.71. The van der Waals surface area contributed by atoms with Gasteiger partial charge in [-0.2, -0.15) is 5.10 Å². The molecule has 17 heavy (non-hydrogen) atoms. The molecule has 0 atom stereocenters. The average Bonchev–Trinajstić information content (AvgIpc) is 2.61. The van der Waals surface area contributed by atoms with Gasteiger partial charge in [0, 0.05) is 31.4 Å². The molecule has 0 saturated heterocycles. The first-order valence-corrected chi connectivity index (χ1v) is 5.59. The lowest BCUT2D eigenvalue weighted by molar-refractivity contribution is 0.620. The van der Waals surface area contributed by atoms with Crippen molar-refractivity contribution in [2.75, 3.05) is 0 Å². The average molecular weight is 233 g/mol. The molecular weight excluding hydrogens is 217 g/mol. The van der Waals surface area contributed by atoms with Crippen molar-refractivity contribution < 1.29 is 4.39 Å². The summed E-state index contributed by atoms with van der Waals surface area (Å²) in [6, 6.07) is 6.63. The predicted octanol–water partition coefficient (Wildman–Crippen LogP) is 2.16. The van der Waals surface area contributed by atoms with E-state index in [1.165, 1.54) is 11.6 Å². The first kappa shape index (κ1) is 11.8. The maximum Gasteiger partial charge on any atom is 0.123 e. The molecule has 0 saturated carbocycles.